The van der Waals surface area contributed by atoms with Gasteiger partial charge in [-0.15, -0.1) is 10.2 Å². The minimum absolute atomic E-state index is 0.0359. The summed E-state index contributed by atoms with van der Waals surface area (Å²) in [5.41, 5.74) is -0.664. The maximum absolute atomic E-state index is 13.1. The third-order valence-electron chi connectivity index (χ3n) is 5.32. The molecule has 0 bridgehead atoms. The minimum Gasteiger partial charge on any atom is -0.476 e. The fourth-order valence-corrected chi connectivity index (χ4v) is 3.56. The Kier molecular flexibility index (Phi) is 8.77. The maximum Gasteiger partial charge on any atom is 0.417 e. The number of benzene rings is 2. The van der Waals surface area contributed by atoms with E-state index in [1.165, 1.54) is 42.2 Å². The van der Waals surface area contributed by atoms with E-state index >= 15 is 0 Å². The molecule has 1 fully saturated rings. The number of aromatic nitrogens is 2. The largest absolute Gasteiger partial charge is 0.476 e. The van der Waals surface area contributed by atoms with Gasteiger partial charge in [-0.25, -0.2) is 4.79 Å². The molecule has 9 nitrogen and oxygen atoms in total. The smallest absolute Gasteiger partial charge is 0.417 e. The topological polar surface area (TPSA) is 116 Å². The molecule has 1 aromatic heterocycles. The van der Waals surface area contributed by atoms with Gasteiger partial charge >= 0.3 is 12.1 Å². The number of carboxylic acids is 1. The molecule has 1 saturated heterocycles. The van der Waals surface area contributed by atoms with Crippen LogP contribution in [0.25, 0.3) is 0 Å². The van der Waals surface area contributed by atoms with Crippen LogP contribution in [0.5, 0.6) is 0 Å². The van der Waals surface area contributed by atoms with Crippen molar-refractivity contribution < 1.29 is 32.7 Å². The van der Waals surface area contributed by atoms with E-state index in [2.05, 4.69) is 15.5 Å². The summed E-state index contributed by atoms with van der Waals surface area (Å²) >= 11 is 0. The summed E-state index contributed by atoms with van der Waals surface area (Å²) in [5, 5.41) is 18.9. The predicted octanol–water partition coefficient (Wildman–Crippen LogP) is 3.80. The highest BCUT2D eigenvalue weighted by atomic mass is 19.4. The SMILES string of the molecule is CC(=O)Nc1ccccc1.O=C(O)c1ccc(N2CCN(C(=O)c3ccccc3C(F)(F)F)CC2)nn1. The molecule has 2 heterocycles. The van der Waals surface area contributed by atoms with Crippen LogP contribution in [0, 0.1) is 0 Å². The van der Waals surface area contributed by atoms with E-state index in [4.69, 9.17) is 5.11 Å². The van der Waals surface area contributed by atoms with Crippen molar-refractivity contribution >= 4 is 29.3 Å². The quantitative estimate of drug-likeness (QED) is 0.543. The van der Waals surface area contributed by atoms with Crippen LogP contribution in [0.1, 0.15) is 33.3 Å². The Morgan fingerprint density at radius 1 is 0.865 bits per heavy atom. The number of anilines is 2. The zero-order valence-electron chi connectivity index (χ0n) is 19.8. The van der Waals surface area contributed by atoms with Gasteiger partial charge in [0.15, 0.2) is 11.5 Å². The van der Waals surface area contributed by atoms with E-state index in [1.54, 1.807) is 4.90 Å². The van der Waals surface area contributed by atoms with Crippen LogP contribution >= 0.6 is 0 Å². The molecule has 2 amide bonds. The highest BCUT2D eigenvalue weighted by Crippen LogP contribution is 2.32. The zero-order chi connectivity index (χ0) is 27.0. The molecule has 4 rings (SSSR count). The predicted molar refractivity (Wildman–Crippen MR) is 129 cm³/mol. The first-order valence-electron chi connectivity index (χ1n) is 11.2. The summed E-state index contributed by atoms with van der Waals surface area (Å²) in [6, 6.07) is 16.9. The van der Waals surface area contributed by atoms with Crippen LogP contribution in [0.2, 0.25) is 0 Å². The molecular formula is C25H24F3N5O4. The average Bonchev–Trinajstić information content (AvgIpc) is 2.88. The first-order chi connectivity index (χ1) is 17.6. The second kappa shape index (κ2) is 12.0. The van der Waals surface area contributed by atoms with Crippen molar-refractivity contribution in [1.82, 2.24) is 15.1 Å². The second-order valence-corrected chi connectivity index (χ2v) is 7.95. The molecule has 0 radical (unpaired) electrons. The summed E-state index contributed by atoms with van der Waals surface area (Å²) in [5.74, 6) is -1.45. The Bertz CT molecular complexity index is 1230. The summed E-state index contributed by atoms with van der Waals surface area (Å²) in [7, 11) is 0. The summed E-state index contributed by atoms with van der Waals surface area (Å²) < 4.78 is 39.3. The van der Waals surface area contributed by atoms with E-state index in [0.29, 0.717) is 18.9 Å². The second-order valence-electron chi connectivity index (χ2n) is 7.95. The normalized spacial score (nSPS) is 13.3. The van der Waals surface area contributed by atoms with Gasteiger partial charge < -0.3 is 20.2 Å². The molecule has 194 valence electrons. The van der Waals surface area contributed by atoms with Gasteiger partial charge in [0.05, 0.1) is 11.1 Å². The van der Waals surface area contributed by atoms with E-state index in [-0.39, 0.29) is 30.3 Å². The molecule has 37 heavy (non-hydrogen) atoms. The molecule has 0 aliphatic carbocycles. The van der Waals surface area contributed by atoms with Crippen LogP contribution in [0.15, 0.2) is 66.7 Å². The van der Waals surface area contributed by atoms with Crippen LogP contribution < -0.4 is 10.2 Å². The number of nitrogens with one attached hydrogen (secondary N) is 1. The third-order valence-corrected chi connectivity index (χ3v) is 5.32. The van der Waals surface area contributed by atoms with Gasteiger partial charge in [0, 0.05) is 38.8 Å². The lowest BCUT2D eigenvalue weighted by molar-refractivity contribution is -0.138. The van der Waals surface area contributed by atoms with Crippen molar-refractivity contribution in [3.63, 3.8) is 0 Å². The number of alkyl halides is 3. The van der Waals surface area contributed by atoms with Crippen molar-refractivity contribution in [2.75, 3.05) is 36.4 Å². The Balaban J connectivity index is 0.000000319. The average molecular weight is 515 g/mol. The number of hydrogen-bond acceptors (Lipinski definition) is 6. The fraction of sp³-hybridized carbons (Fsp3) is 0.240. The lowest BCUT2D eigenvalue weighted by atomic mass is 10.1. The molecule has 0 atom stereocenters. The minimum atomic E-state index is -4.60. The molecule has 0 spiro atoms. The third kappa shape index (κ3) is 7.50. The van der Waals surface area contributed by atoms with Crippen molar-refractivity contribution in [3.8, 4) is 0 Å². The molecule has 1 aliphatic rings. The molecule has 2 aromatic carbocycles. The molecular weight excluding hydrogens is 491 g/mol. The Morgan fingerprint density at radius 2 is 1.49 bits per heavy atom. The van der Waals surface area contributed by atoms with Crippen molar-refractivity contribution in [3.05, 3.63) is 83.6 Å². The first-order valence-corrected chi connectivity index (χ1v) is 11.2. The van der Waals surface area contributed by atoms with Crippen LogP contribution in [0.3, 0.4) is 0 Å². The van der Waals surface area contributed by atoms with Gasteiger partial charge in [-0.2, -0.15) is 13.2 Å². The van der Waals surface area contributed by atoms with E-state index in [0.717, 1.165) is 11.8 Å². The number of para-hydroxylation sites is 1. The van der Waals surface area contributed by atoms with E-state index in [1.807, 2.05) is 30.3 Å². The molecule has 0 saturated carbocycles. The molecule has 2 N–H and O–H groups in total. The van der Waals surface area contributed by atoms with Crippen molar-refractivity contribution in [2.24, 2.45) is 0 Å². The lowest BCUT2D eigenvalue weighted by Crippen LogP contribution is -2.49. The van der Waals surface area contributed by atoms with Crippen LogP contribution in [-0.2, 0) is 11.0 Å². The lowest BCUT2D eigenvalue weighted by Gasteiger charge is -2.35. The number of carbonyl (C=O) groups is 3. The maximum atomic E-state index is 13.1. The molecule has 3 aromatic rings. The van der Waals surface area contributed by atoms with Gasteiger partial charge in [0.1, 0.15) is 0 Å². The number of amides is 2. The number of hydrogen-bond donors (Lipinski definition) is 2. The van der Waals surface area contributed by atoms with E-state index < -0.39 is 23.6 Å². The number of carboxylic acid groups (broad SMARTS) is 1. The molecule has 12 heteroatoms. The molecule has 1 aliphatic heterocycles. The Morgan fingerprint density at radius 3 is 2.03 bits per heavy atom. The Labute approximate surface area is 210 Å². The van der Waals surface area contributed by atoms with Gasteiger partial charge in [-0.1, -0.05) is 30.3 Å². The number of nitrogens with zero attached hydrogens (tertiary/aromatic N) is 4. The number of halogens is 3. The van der Waals surface area contributed by atoms with Gasteiger partial charge in [-0.05, 0) is 36.4 Å². The van der Waals surface area contributed by atoms with Crippen molar-refractivity contribution in [2.45, 2.75) is 13.1 Å². The first kappa shape index (κ1) is 27.1. The monoisotopic (exact) mass is 515 g/mol. The fourth-order valence-electron chi connectivity index (χ4n) is 3.56. The summed E-state index contributed by atoms with van der Waals surface area (Å²) in [6.45, 7) is 2.62. The summed E-state index contributed by atoms with van der Waals surface area (Å²) in [6.07, 6.45) is -4.60. The molecule has 0 unspecified atom stereocenters. The number of rotatable bonds is 4. The van der Waals surface area contributed by atoms with Gasteiger partial charge in [0.25, 0.3) is 5.91 Å². The summed E-state index contributed by atoms with van der Waals surface area (Å²) in [4.78, 5) is 37.0. The number of carbonyl (C=O) groups excluding carboxylic acids is 2. The van der Waals surface area contributed by atoms with Crippen molar-refractivity contribution in [1.29, 1.82) is 0 Å². The van der Waals surface area contributed by atoms with Crippen LogP contribution in [-0.4, -0.2) is 64.2 Å². The number of aromatic carboxylic acids is 1. The van der Waals surface area contributed by atoms with E-state index in [9.17, 15) is 27.6 Å². The highest BCUT2D eigenvalue weighted by Gasteiger charge is 2.36. The standard InChI is InChI=1S/C17H15F3N4O3.C8H9NO/c18-17(19,20)12-4-2-1-3-11(12)15(25)24-9-7-23(8-10-24)14-6-5-13(16(26)27)21-22-14;1-7(10)9-8-5-3-2-4-6-8/h1-6H,7-10H2,(H,26,27);2-6H,1H3,(H,9,10). The number of piperazine rings is 1. The zero-order valence-corrected chi connectivity index (χ0v) is 19.8. The van der Waals surface area contributed by atoms with Gasteiger partial charge in [-0.3, -0.25) is 9.59 Å². The highest BCUT2D eigenvalue weighted by molar-refractivity contribution is 5.96. The van der Waals surface area contributed by atoms with Crippen LogP contribution in [0.4, 0.5) is 24.7 Å². The van der Waals surface area contributed by atoms with Gasteiger partial charge in [0.2, 0.25) is 5.91 Å². The Hall–Kier alpha value is -4.48.